The Kier molecular flexibility index (Phi) is 4.55. The Morgan fingerprint density at radius 3 is 2.46 bits per heavy atom. The van der Waals surface area contributed by atoms with E-state index in [1.54, 1.807) is 18.1 Å². The first-order valence-corrected chi connectivity index (χ1v) is 7.84. The van der Waals surface area contributed by atoms with Gasteiger partial charge in [-0.25, -0.2) is 0 Å². The molecule has 2 aromatic rings. The first kappa shape index (κ1) is 16.5. The zero-order chi connectivity index (χ0) is 17.3. The third kappa shape index (κ3) is 2.88. The molecule has 0 aromatic heterocycles. The lowest BCUT2D eigenvalue weighted by Crippen LogP contribution is -2.23. The van der Waals surface area contributed by atoms with E-state index in [-0.39, 0.29) is 11.8 Å². The molecule has 0 spiro atoms. The summed E-state index contributed by atoms with van der Waals surface area (Å²) in [5.41, 5.74) is 3.46. The topological polar surface area (TPSA) is 59.0 Å². The van der Waals surface area contributed by atoms with E-state index in [2.05, 4.69) is 0 Å². The van der Waals surface area contributed by atoms with Crippen molar-refractivity contribution in [3.05, 3.63) is 59.2 Å². The lowest BCUT2D eigenvalue weighted by atomic mass is 10.0. The maximum Gasteiger partial charge on any atom is 0.259 e. The van der Waals surface area contributed by atoms with Gasteiger partial charge in [0.05, 0.1) is 13.7 Å². The van der Waals surface area contributed by atoms with Gasteiger partial charge in [0, 0.05) is 24.3 Å². The summed E-state index contributed by atoms with van der Waals surface area (Å²) in [4.78, 5) is 14.4. The van der Waals surface area contributed by atoms with Gasteiger partial charge in [-0.1, -0.05) is 25.1 Å². The van der Waals surface area contributed by atoms with E-state index in [1.165, 1.54) is 7.11 Å². The van der Waals surface area contributed by atoms with Crippen LogP contribution in [0.25, 0.3) is 0 Å². The molecular weight excluding hydrogens is 306 g/mol. The third-order valence-corrected chi connectivity index (χ3v) is 4.52. The number of ether oxygens (including phenoxy) is 2. The Morgan fingerprint density at radius 1 is 1.12 bits per heavy atom. The molecule has 0 saturated carbocycles. The van der Waals surface area contributed by atoms with E-state index in [4.69, 9.17) is 9.47 Å². The van der Waals surface area contributed by atoms with Gasteiger partial charge in [0.1, 0.15) is 5.75 Å². The Morgan fingerprint density at radius 2 is 1.83 bits per heavy atom. The predicted molar refractivity (Wildman–Crippen MR) is 91.4 cm³/mol. The molecule has 5 nitrogen and oxygen atoms in total. The van der Waals surface area contributed by atoms with Gasteiger partial charge < -0.3 is 19.5 Å². The van der Waals surface area contributed by atoms with Crippen LogP contribution in [0.2, 0.25) is 0 Å². The number of methoxy groups -OCH3 is 2. The first-order valence-electron chi connectivity index (χ1n) is 7.84. The Hall–Kier alpha value is -2.37. The van der Waals surface area contributed by atoms with Crippen LogP contribution in [0, 0.1) is 0 Å². The molecule has 1 aliphatic heterocycles. The second kappa shape index (κ2) is 6.63. The maximum absolute atomic E-state index is 12.6. The van der Waals surface area contributed by atoms with Crippen molar-refractivity contribution >= 4 is 11.6 Å². The molecule has 24 heavy (non-hydrogen) atoms. The second-order valence-electron chi connectivity index (χ2n) is 5.92. The van der Waals surface area contributed by atoms with E-state index >= 15 is 0 Å². The summed E-state index contributed by atoms with van der Waals surface area (Å²) >= 11 is 0. The fraction of sp³-hybridized carbons (Fsp3) is 0.316. The highest BCUT2D eigenvalue weighted by molar-refractivity contribution is 6.10. The van der Waals surface area contributed by atoms with Crippen LogP contribution in [0.1, 0.15) is 34.3 Å². The molecule has 1 N–H and O–H groups in total. The summed E-state index contributed by atoms with van der Waals surface area (Å²) in [6.45, 7) is 2.44. The fourth-order valence-electron chi connectivity index (χ4n) is 2.94. The van der Waals surface area contributed by atoms with Crippen LogP contribution < -0.4 is 9.64 Å². The van der Waals surface area contributed by atoms with Crippen LogP contribution in [-0.4, -0.2) is 31.5 Å². The van der Waals surface area contributed by atoms with Gasteiger partial charge in [-0.05, 0) is 35.4 Å². The van der Waals surface area contributed by atoms with Crippen molar-refractivity contribution in [3.8, 4) is 5.75 Å². The molecule has 0 aliphatic carbocycles. The quantitative estimate of drug-likeness (QED) is 0.858. The van der Waals surface area contributed by atoms with Gasteiger partial charge in [-0.2, -0.15) is 0 Å². The summed E-state index contributed by atoms with van der Waals surface area (Å²) in [6, 6.07) is 13.2. The van der Waals surface area contributed by atoms with Crippen LogP contribution in [-0.2, 0) is 11.3 Å². The number of rotatable bonds is 5. The van der Waals surface area contributed by atoms with Crippen molar-refractivity contribution in [2.75, 3.05) is 19.1 Å². The number of nitrogens with zero attached hydrogens (tertiary/aromatic N) is 1. The Balaban J connectivity index is 1.82. The van der Waals surface area contributed by atoms with Gasteiger partial charge in [0.2, 0.25) is 0 Å². The molecule has 0 radical (unpaired) electrons. The van der Waals surface area contributed by atoms with E-state index < -0.39 is 6.29 Å². The van der Waals surface area contributed by atoms with Crippen LogP contribution in [0.4, 0.5) is 5.69 Å². The van der Waals surface area contributed by atoms with E-state index in [0.717, 1.165) is 16.8 Å². The van der Waals surface area contributed by atoms with Crippen molar-refractivity contribution in [1.29, 1.82) is 0 Å². The first-order chi connectivity index (χ1) is 11.5. The number of carbonyl (C=O) groups is 1. The molecule has 3 rings (SSSR count). The molecule has 1 heterocycles. The normalized spacial score (nSPS) is 16.0. The van der Waals surface area contributed by atoms with Crippen molar-refractivity contribution in [2.45, 2.75) is 25.7 Å². The number of aliphatic hydroxyl groups excluding tert-OH is 1. The van der Waals surface area contributed by atoms with E-state index in [1.807, 2.05) is 43.3 Å². The average molecular weight is 327 g/mol. The molecule has 2 aromatic carbocycles. The van der Waals surface area contributed by atoms with Crippen molar-refractivity contribution < 1.29 is 19.4 Å². The fourth-order valence-corrected chi connectivity index (χ4v) is 2.94. The SMILES string of the molecule is COc1ccc2c(c1)C(=O)N(c1ccc(C(C)C(O)OC)cc1)C2. The molecule has 0 bridgehead atoms. The van der Waals surface area contributed by atoms with Crippen LogP contribution in [0.5, 0.6) is 5.75 Å². The summed E-state index contributed by atoms with van der Waals surface area (Å²) in [6.07, 6.45) is -0.846. The number of fused-ring (bicyclic) bond motifs is 1. The number of amides is 1. The van der Waals surface area contributed by atoms with Crippen molar-refractivity contribution in [2.24, 2.45) is 0 Å². The number of carbonyl (C=O) groups excluding carboxylic acids is 1. The standard InChI is InChI=1S/C19H21NO4/c1-12(19(22)24-3)13-4-7-15(8-5-13)20-11-14-6-9-16(23-2)10-17(14)18(20)21/h4-10,12,19,22H,11H2,1-3H3. The molecule has 5 heteroatoms. The highest BCUT2D eigenvalue weighted by Gasteiger charge is 2.29. The number of hydrogen-bond donors (Lipinski definition) is 1. The molecule has 0 saturated heterocycles. The Bertz CT molecular complexity index is 742. The molecule has 1 amide bonds. The van der Waals surface area contributed by atoms with Crippen molar-refractivity contribution in [1.82, 2.24) is 0 Å². The number of hydrogen-bond acceptors (Lipinski definition) is 4. The predicted octanol–water partition coefficient (Wildman–Crippen LogP) is 2.92. The lowest BCUT2D eigenvalue weighted by Gasteiger charge is -2.20. The lowest BCUT2D eigenvalue weighted by molar-refractivity contribution is -0.0878. The smallest absolute Gasteiger partial charge is 0.259 e. The number of aliphatic hydroxyl groups is 1. The molecule has 0 fully saturated rings. The van der Waals surface area contributed by atoms with E-state index in [0.29, 0.717) is 17.9 Å². The summed E-state index contributed by atoms with van der Waals surface area (Å²) in [5.74, 6) is 0.517. The Labute approximate surface area is 141 Å². The highest BCUT2D eigenvalue weighted by atomic mass is 16.6. The third-order valence-electron chi connectivity index (χ3n) is 4.52. The van der Waals surface area contributed by atoms with Gasteiger partial charge in [-0.15, -0.1) is 0 Å². The zero-order valence-electron chi connectivity index (χ0n) is 14.0. The zero-order valence-corrected chi connectivity index (χ0v) is 14.0. The van der Waals surface area contributed by atoms with Crippen LogP contribution in [0.15, 0.2) is 42.5 Å². The molecule has 2 unspecified atom stereocenters. The molecular formula is C19H21NO4. The summed E-state index contributed by atoms with van der Waals surface area (Å²) < 4.78 is 10.2. The minimum absolute atomic E-state index is 0.0263. The minimum atomic E-state index is -0.846. The average Bonchev–Trinajstić information content (AvgIpc) is 2.96. The molecule has 2 atom stereocenters. The minimum Gasteiger partial charge on any atom is -0.497 e. The molecule has 126 valence electrons. The number of benzene rings is 2. The van der Waals surface area contributed by atoms with E-state index in [9.17, 15) is 9.90 Å². The van der Waals surface area contributed by atoms with Gasteiger partial charge in [-0.3, -0.25) is 4.79 Å². The van der Waals surface area contributed by atoms with Gasteiger partial charge >= 0.3 is 0 Å². The summed E-state index contributed by atoms with van der Waals surface area (Å²) in [5, 5.41) is 9.77. The number of anilines is 1. The van der Waals surface area contributed by atoms with Crippen LogP contribution in [0.3, 0.4) is 0 Å². The largest absolute Gasteiger partial charge is 0.497 e. The van der Waals surface area contributed by atoms with Crippen molar-refractivity contribution in [3.63, 3.8) is 0 Å². The van der Waals surface area contributed by atoms with Crippen LogP contribution >= 0.6 is 0 Å². The second-order valence-corrected chi connectivity index (χ2v) is 5.92. The van der Waals surface area contributed by atoms with Gasteiger partial charge in [0.15, 0.2) is 6.29 Å². The monoisotopic (exact) mass is 327 g/mol. The van der Waals surface area contributed by atoms with Gasteiger partial charge in [0.25, 0.3) is 5.91 Å². The molecule has 1 aliphatic rings. The summed E-state index contributed by atoms with van der Waals surface area (Å²) in [7, 11) is 3.07. The highest BCUT2D eigenvalue weighted by Crippen LogP contribution is 2.31. The maximum atomic E-state index is 12.6.